The van der Waals surface area contributed by atoms with Gasteiger partial charge in [-0.15, -0.1) is 0 Å². The van der Waals surface area contributed by atoms with E-state index in [2.05, 4.69) is 59.9 Å². The number of hydrogen-bond acceptors (Lipinski definition) is 17. The monoisotopic (exact) mass is 968 g/mol. The third-order valence-corrected chi connectivity index (χ3v) is 19.5. The molecule has 0 aromatic rings. The van der Waals surface area contributed by atoms with Crippen molar-refractivity contribution in [2.45, 2.75) is 218 Å². The predicted molar refractivity (Wildman–Crippen MR) is 241 cm³/mol. The van der Waals surface area contributed by atoms with Crippen molar-refractivity contribution in [3.63, 3.8) is 0 Å². The molecule has 7 fully saturated rings. The van der Waals surface area contributed by atoms with Crippen LogP contribution in [0.15, 0.2) is 11.6 Å². The number of aliphatic hydroxyl groups excluding tert-OH is 8. The van der Waals surface area contributed by atoms with E-state index in [1.807, 2.05) is 0 Å². The molecule has 0 unspecified atom stereocenters. The van der Waals surface area contributed by atoms with Gasteiger partial charge in [0.2, 0.25) is 5.91 Å². The van der Waals surface area contributed by atoms with Gasteiger partial charge in [-0.2, -0.15) is 0 Å². The van der Waals surface area contributed by atoms with E-state index in [1.54, 1.807) is 0 Å². The lowest BCUT2D eigenvalue weighted by atomic mass is 9.33. The Bertz CT molecular complexity index is 1900. The van der Waals surface area contributed by atoms with E-state index in [4.69, 9.17) is 33.2 Å². The molecule has 8 rings (SSSR count). The maximum absolute atomic E-state index is 13.8. The van der Waals surface area contributed by atoms with E-state index in [9.17, 15) is 50.4 Å². The zero-order valence-corrected chi connectivity index (χ0v) is 41.6. The molecule has 3 aliphatic heterocycles. The van der Waals surface area contributed by atoms with E-state index in [0.717, 1.165) is 38.5 Å². The number of carbonyl (C=O) groups is 2. The van der Waals surface area contributed by atoms with Gasteiger partial charge in [0.25, 0.3) is 0 Å². The van der Waals surface area contributed by atoms with Crippen LogP contribution in [-0.4, -0.2) is 171 Å². The number of carbonyl (C=O) groups excluding carboxylic acids is 2. The number of amides is 1. The Hall–Kier alpha value is -1.88. The Morgan fingerprint density at radius 2 is 1.47 bits per heavy atom. The summed E-state index contributed by atoms with van der Waals surface area (Å²) >= 11 is 0. The number of methoxy groups -OCH3 is 1. The highest BCUT2D eigenvalue weighted by molar-refractivity contribution is 5.79. The standard InChI is InChI=1S/C50H81NO17/c1-23-34(55)38(59)40(68-42-39(60)35(56)27(53)21-63-42)43(65-23)64-22-28-36(57)37(58)33(51-24(2)52)41(66-28)67-32-14-15-47(7)29(46(32,5)6)13-16-48(8)30(47)12-11-25-26-19-45(3,4)17-18-50(26,44(61)62-10)31(54)20-49(25,48)9/h11,23,26-43,53-60H,12-22H2,1-10H3,(H,51,52)/t23-,26+,27-,28-,29+,30-,31-,32+,33-,34+,35+,36-,37-,38+,39-,40-,41+,42+,43-,47+,48-,49-,50-/m1/s1. The second-order valence-electron chi connectivity index (χ2n) is 24.1. The molecule has 23 atom stereocenters. The van der Waals surface area contributed by atoms with Gasteiger partial charge in [-0.25, -0.2) is 0 Å². The normalized spacial score (nSPS) is 52.0. The smallest absolute Gasteiger partial charge is 0.315 e. The molecule has 18 nitrogen and oxygen atoms in total. The SMILES string of the molecule is COC(=O)[C@]12CCC(C)(C)C[C@H]1C1=CC[C@@H]3[C@@]4(C)CC[C@H](O[C@@H]5O[C@H](CO[C@@H]6O[C@H](C)[C@H](O)[C@H](O)[C@H]6O[C@@H]6OC[C@@H](O)[C@H](O)[C@H]6O)[C@@H](O)[C@H](O)[C@H]5NC(C)=O)C(C)(C)[C@@H]4CC[C@@]3(C)[C@]1(C)C[C@H]2O. The summed E-state index contributed by atoms with van der Waals surface area (Å²) in [5.74, 6) is -0.447. The van der Waals surface area contributed by atoms with Crippen molar-refractivity contribution in [2.24, 2.45) is 50.2 Å². The highest BCUT2D eigenvalue weighted by Crippen LogP contribution is 2.76. The zero-order chi connectivity index (χ0) is 49.8. The summed E-state index contributed by atoms with van der Waals surface area (Å²) in [6, 6.07) is -1.16. The second kappa shape index (κ2) is 18.6. The van der Waals surface area contributed by atoms with Crippen molar-refractivity contribution >= 4 is 11.9 Å². The Labute approximate surface area is 400 Å². The van der Waals surface area contributed by atoms with Gasteiger partial charge < -0.3 is 79.3 Å². The summed E-state index contributed by atoms with van der Waals surface area (Å²) in [5.41, 5.74) is -0.759. The van der Waals surface area contributed by atoms with Crippen LogP contribution < -0.4 is 5.32 Å². The van der Waals surface area contributed by atoms with Crippen molar-refractivity contribution in [1.82, 2.24) is 5.32 Å². The topological polar surface area (TPSA) is 273 Å². The quantitative estimate of drug-likeness (QED) is 0.0902. The Kier molecular flexibility index (Phi) is 14.3. The Morgan fingerprint density at radius 3 is 2.15 bits per heavy atom. The van der Waals surface area contributed by atoms with Gasteiger partial charge in [0, 0.05) is 6.92 Å². The van der Waals surface area contributed by atoms with Crippen molar-refractivity contribution in [1.29, 1.82) is 0 Å². The molecule has 9 N–H and O–H groups in total. The molecule has 3 saturated heterocycles. The van der Waals surface area contributed by atoms with Crippen LogP contribution in [0.5, 0.6) is 0 Å². The largest absolute Gasteiger partial charge is 0.468 e. The molecule has 0 bridgehead atoms. The summed E-state index contributed by atoms with van der Waals surface area (Å²) in [6.07, 6.45) is -10.8. The molecule has 4 saturated carbocycles. The second-order valence-corrected chi connectivity index (χ2v) is 24.1. The number of ether oxygens (including phenoxy) is 7. The molecule has 0 spiro atoms. The van der Waals surface area contributed by atoms with E-state index in [0.29, 0.717) is 19.3 Å². The van der Waals surface area contributed by atoms with E-state index in [-0.39, 0.29) is 52.0 Å². The van der Waals surface area contributed by atoms with Crippen LogP contribution in [0.1, 0.15) is 120 Å². The number of allylic oxidation sites excluding steroid dienone is 2. The maximum atomic E-state index is 13.8. The molecule has 5 aliphatic carbocycles. The third kappa shape index (κ3) is 8.33. The minimum atomic E-state index is -1.72. The molecule has 388 valence electrons. The summed E-state index contributed by atoms with van der Waals surface area (Å²) in [5, 5.41) is 90.6. The fraction of sp³-hybridized carbons (Fsp3) is 0.920. The van der Waals surface area contributed by atoms with E-state index in [1.165, 1.54) is 26.5 Å². The molecule has 68 heavy (non-hydrogen) atoms. The number of hydrogen-bond donors (Lipinski definition) is 9. The number of esters is 1. The first-order chi connectivity index (χ1) is 31.7. The van der Waals surface area contributed by atoms with Crippen LogP contribution in [-0.2, 0) is 42.7 Å². The summed E-state index contributed by atoms with van der Waals surface area (Å²) in [6.45, 7) is 18.1. The fourth-order valence-electron chi connectivity index (χ4n) is 15.4. The first-order valence-electron chi connectivity index (χ1n) is 25.0. The highest BCUT2D eigenvalue weighted by Gasteiger charge is 2.72. The van der Waals surface area contributed by atoms with Crippen LogP contribution in [0.3, 0.4) is 0 Å². The molecule has 0 radical (unpaired) electrons. The lowest BCUT2D eigenvalue weighted by Gasteiger charge is -2.71. The first-order valence-corrected chi connectivity index (χ1v) is 25.0. The molecular formula is C50H81NO17. The van der Waals surface area contributed by atoms with Gasteiger partial charge in [0.05, 0.1) is 38.6 Å². The Balaban J connectivity index is 1.01. The number of fused-ring (bicyclic) bond motifs is 7. The minimum Gasteiger partial charge on any atom is -0.468 e. The van der Waals surface area contributed by atoms with Crippen LogP contribution >= 0.6 is 0 Å². The van der Waals surface area contributed by atoms with Gasteiger partial charge in [-0.05, 0) is 110 Å². The minimum absolute atomic E-state index is 0.00939. The lowest BCUT2D eigenvalue weighted by molar-refractivity contribution is -0.361. The molecule has 0 aromatic heterocycles. The van der Waals surface area contributed by atoms with Crippen molar-refractivity contribution in [3.8, 4) is 0 Å². The van der Waals surface area contributed by atoms with Crippen LogP contribution in [0.2, 0.25) is 0 Å². The number of nitrogens with one attached hydrogen (secondary N) is 1. The first kappa shape index (κ1) is 52.4. The summed E-state index contributed by atoms with van der Waals surface area (Å²) < 4.78 is 42.0. The van der Waals surface area contributed by atoms with Crippen molar-refractivity contribution in [3.05, 3.63) is 11.6 Å². The number of aliphatic hydroxyl groups is 8. The molecule has 8 aliphatic rings. The van der Waals surface area contributed by atoms with Crippen molar-refractivity contribution in [2.75, 3.05) is 20.3 Å². The number of rotatable bonds is 9. The van der Waals surface area contributed by atoms with Crippen molar-refractivity contribution < 1.29 is 83.6 Å². The van der Waals surface area contributed by atoms with Gasteiger partial charge in [0.15, 0.2) is 18.9 Å². The van der Waals surface area contributed by atoms with E-state index >= 15 is 0 Å². The van der Waals surface area contributed by atoms with Crippen LogP contribution in [0.25, 0.3) is 0 Å². The van der Waals surface area contributed by atoms with Gasteiger partial charge in [0.1, 0.15) is 66.4 Å². The van der Waals surface area contributed by atoms with Crippen LogP contribution in [0, 0.1) is 50.2 Å². The fourth-order valence-corrected chi connectivity index (χ4v) is 15.4. The summed E-state index contributed by atoms with van der Waals surface area (Å²) in [4.78, 5) is 26.4. The van der Waals surface area contributed by atoms with Gasteiger partial charge >= 0.3 is 5.97 Å². The van der Waals surface area contributed by atoms with Gasteiger partial charge in [-0.3, -0.25) is 9.59 Å². The molecule has 18 heteroatoms. The molecule has 1 amide bonds. The van der Waals surface area contributed by atoms with Gasteiger partial charge in [-0.1, -0.05) is 60.1 Å². The predicted octanol–water partition coefficient (Wildman–Crippen LogP) is 1.58. The summed E-state index contributed by atoms with van der Waals surface area (Å²) in [7, 11) is 1.44. The highest BCUT2D eigenvalue weighted by atomic mass is 16.8. The zero-order valence-electron chi connectivity index (χ0n) is 41.6. The molecule has 3 heterocycles. The molecule has 0 aromatic carbocycles. The Morgan fingerprint density at radius 1 is 0.765 bits per heavy atom. The average molecular weight is 968 g/mol. The lowest BCUT2D eigenvalue weighted by Crippen LogP contribution is -2.68. The maximum Gasteiger partial charge on any atom is 0.315 e. The molecular weight excluding hydrogens is 887 g/mol. The van der Waals surface area contributed by atoms with Crippen LogP contribution in [0.4, 0.5) is 0 Å². The third-order valence-electron chi connectivity index (χ3n) is 19.5. The van der Waals surface area contributed by atoms with E-state index < -0.39 is 122 Å². The average Bonchev–Trinajstić information content (AvgIpc) is 3.26.